The van der Waals surface area contributed by atoms with Crippen LogP contribution >= 0.6 is 0 Å². The summed E-state index contributed by atoms with van der Waals surface area (Å²) in [5, 5.41) is 0. The topological polar surface area (TPSA) is 44.0 Å². The van der Waals surface area contributed by atoms with Gasteiger partial charge < -0.3 is 4.57 Å². The average Bonchev–Trinajstić information content (AvgIpc) is 2.39. The van der Waals surface area contributed by atoms with Crippen LogP contribution in [0.4, 0.5) is 0 Å². The van der Waals surface area contributed by atoms with E-state index in [4.69, 9.17) is 0 Å². The summed E-state index contributed by atoms with van der Waals surface area (Å²) < 4.78 is 2.93. The molecule has 0 N–H and O–H groups in total. The fourth-order valence-electron chi connectivity index (χ4n) is 2.37. The summed E-state index contributed by atoms with van der Waals surface area (Å²) in [5.74, 6) is 0.499. The number of nitrogens with zero attached hydrogens (tertiary/aromatic N) is 2. The van der Waals surface area contributed by atoms with Crippen molar-refractivity contribution < 1.29 is 0 Å². The molecule has 2 aromatic rings. The Morgan fingerprint density at radius 2 is 1.57 bits per heavy atom. The van der Waals surface area contributed by atoms with E-state index in [0.29, 0.717) is 12.5 Å². The molecule has 0 aliphatic heterocycles. The highest BCUT2D eigenvalue weighted by atomic mass is 16.2. The third-order valence-corrected chi connectivity index (χ3v) is 3.49. The molecule has 4 heteroatoms. The normalized spacial score (nSPS) is 11.1. The molecule has 21 heavy (non-hydrogen) atoms. The summed E-state index contributed by atoms with van der Waals surface area (Å²) in [5.41, 5.74) is 1.93. The minimum atomic E-state index is -0.494. The summed E-state index contributed by atoms with van der Waals surface area (Å²) in [7, 11) is 0. The first-order valence-corrected chi connectivity index (χ1v) is 7.29. The van der Waals surface area contributed by atoms with Crippen LogP contribution in [0.2, 0.25) is 0 Å². The zero-order valence-corrected chi connectivity index (χ0v) is 13.1. The minimum Gasteiger partial charge on any atom is -0.309 e. The van der Waals surface area contributed by atoms with Gasteiger partial charge in [-0.15, -0.1) is 0 Å². The lowest BCUT2D eigenvalue weighted by Gasteiger charge is -2.11. The van der Waals surface area contributed by atoms with Gasteiger partial charge in [0.15, 0.2) is 0 Å². The molecule has 0 saturated carbocycles. The van der Waals surface area contributed by atoms with Crippen LogP contribution in [-0.2, 0) is 6.54 Å². The average molecular weight is 286 g/mol. The highest BCUT2D eigenvalue weighted by Gasteiger charge is 2.08. The third kappa shape index (κ3) is 3.51. The van der Waals surface area contributed by atoms with Crippen LogP contribution in [0.5, 0.6) is 0 Å². The molecule has 0 radical (unpaired) electrons. The number of hydrogen-bond donors (Lipinski definition) is 0. The molecule has 0 bridgehead atoms. The van der Waals surface area contributed by atoms with Crippen molar-refractivity contribution >= 4 is 0 Å². The molecular weight excluding hydrogens is 264 g/mol. The summed E-state index contributed by atoms with van der Waals surface area (Å²) in [4.78, 5) is 24.5. The lowest BCUT2D eigenvalue weighted by Crippen LogP contribution is -2.40. The quantitative estimate of drug-likeness (QED) is 0.811. The van der Waals surface area contributed by atoms with Crippen LogP contribution in [-0.4, -0.2) is 9.13 Å². The van der Waals surface area contributed by atoms with E-state index in [1.807, 2.05) is 32.0 Å². The van der Waals surface area contributed by atoms with Gasteiger partial charge in [-0.1, -0.05) is 19.9 Å². The highest BCUT2D eigenvalue weighted by Crippen LogP contribution is 2.11. The lowest BCUT2D eigenvalue weighted by atomic mass is 10.1. The molecule has 1 heterocycles. The van der Waals surface area contributed by atoms with Crippen molar-refractivity contribution in [3.8, 4) is 5.69 Å². The van der Waals surface area contributed by atoms with Gasteiger partial charge in [0.2, 0.25) is 0 Å². The molecular formula is C17H22N2O2. The molecule has 0 spiro atoms. The molecule has 0 saturated heterocycles. The van der Waals surface area contributed by atoms with Gasteiger partial charge in [0, 0.05) is 24.6 Å². The zero-order chi connectivity index (χ0) is 15.6. The Hall–Kier alpha value is -2.10. The Bertz CT molecular complexity index is 734. The van der Waals surface area contributed by atoms with Crippen LogP contribution in [0.25, 0.3) is 5.69 Å². The van der Waals surface area contributed by atoms with Gasteiger partial charge in [-0.3, -0.25) is 14.2 Å². The number of aromatic nitrogens is 2. The van der Waals surface area contributed by atoms with E-state index in [0.717, 1.165) is 23.2 Å². The molecule has 0 fully saturated rings. The molecule has 0 amide bonds. The zero-order valence-electron chi connectivity index (χ0n) is 13.1. The van der Waals surface area contributed by atoms with Crippen molar-refractivity contribution in [1.29, 1.82) is 0 Å². The van der Waals surface area contributed by atoms with E-state index >= 15 is 0 Å². The van der Waals surface area contributed by atoms with Gasteiger partial charge in [0.25, 0.3) is 0 Å². The van der Waals surface area contributed by atoms with E-state index in [-0.39, 0.29) is 0 Å². The summed E-state index contributed by atoms with van der Waals surface area (Å²) in [6.45, 7) is 8.74. The predicted octanol–water partition coefficient (Wildman–Crippen LogP) is 2.66. The molecule has 4 nitrogen and oxygen atoms in total. The molecule has 0 atom stereocenters. The second-order valence-corrected chi connectivity index (χ2v) is 6.00. The van der Waals surface area contributed by atoms with Crippen molar-refractivity contribution in [2.75, 3.05) is 0 Å². The largest absolute Gasteiger partial charge is 0.320 e. The standard InChI is InChI=1S/C17H22N2O2/c1-12(2)5-6-18-7-8-19(17(21)16(18)20)15-10-13(3)9-14(4)11-15/h7-12H,5-6H2,1-4H3. The Labute approximate surface area is 124 Å². The summed E-state index contributed by atoms with van der Waals surface area (Å²) >= 11 is 0. The van der Waals surface area contributed by atoms with Crippen LogP contribution < -0.4 is 11.1 Å². The van der Waals surface area contributed by atoms with E-state index < -0.39 is 11.1 Å². The monoisotopic (exact) mass is 286 g/mol. The predicted molar refractivity (Wildman–Crippen MR) is 85.2 cm³/mol. The molecule has 0 aliphatic carbocycles. The first kappa shape index (κ1) is 15.3. The summed E-state index contributed by atoms with van der Waals surface area (Å²) in [6, 6.07) is 5.86. The maximum Gasteiger partial charge on any atom is 0.320 e. The maximum atomic E-state index is 12.3. The van der Waals surface area contributed by atoms with Crippen LogP contribution in [0, 0.1) is 19.8 Å². The molecule has 0 unspecified atom stereocenters. The highest BCUT2D eigenvalue weighted by molar-refractivity contribution is 5.39. The lowest BCUT2D eigenvalue weighted by molar-refractivity contribution is 0.503. The second kappa shape index (κ2) is 6.12. The van der Waals surface area contributed by atoms with Crippen LogP contribution in [0.15, 0.2) is 40.2 Å². The fraction of sp³-hybridized carbons (Fsp3) is 0.412. The van der Waals surface area contributed by atoms with Crippen LogP contribution in [0.3, 0.4) is 0 Å². The Balaban J connectivity index is 2.46. The van der Waals surface area contributed by atoms with Gasteiger partial charge in [-0.2, -0.15) is 0 Å². The van der Waals surface area contributed by atoms with Gasteiger partial charge >= 0.3 is 11.1 Å². The van der Waals surface area contributed by atoms with E-state index in [1.165, 1.54) is 9.13 Å². The molecule has 112 valence electrons. The van der Waals surface area contributed by atoms with E-state index in [2.05, 4.69) is 13.8 Å². The Morgan fingerprint density at radius 3 is 2.14 bits per heavy atom. The van der Waals surface area contributed by atoms with Gasteiger partial charge in [-0.25, -0.2) is 0 Å². The SMILES string of the molecule is Cc1cc(C)cc(-n2ccn(CCC(C)C)c(=O)c2=O)c1. The molecule has 0 aliphatic rings. The Kier molecular flexibility index (Phi) is 4.46. The van der Waals surface area contributed by atoms with E-state index in [1.54, 1.807) is 12.4 Å². The fourth-order valence-corrected chi connectivity index (χ4v) is 2.37. The van der Waals surface area contributed by atoms with Crippen molar-refractivity contribution in [1.82, 2.24) is 9.13 Å². The smallest absolute Gasteiger partial charge is 0.309 e. The number of benzene rings is 1. The maximum absolute atomic E-state index is 12.3. The molecule has 2 rings (SSSR count). The first-order valence-electron chi connectivity index (χ1n) is 7.29. The van der Waals surface area contributed by atoms with Crippen LogP contribution in [0.1, 0.15) is 31.4 Å². The van der Waals surface area contributed by atoms with Gasteiger partial charge in [0.1, 0.15) is 0 Å². The van der Waals surface area contributed by atoms with Crippen molar-refractivity contribution in [3.63, 3.8) is 0 Å². The summed E-state index contributed by atoms with van der Waals surface area (Å²) in [6.07, 6.45) is 4.26. The van der Waals surface area contributed by atoms with Crippen molar-refractivity contribution in [2.24, 2.45) is 5.92 Å². The second-order valence-electron chi connectivity index (χ2n) is 6.00. The van der Waals surface area contributed by atoms with E-state index in [9.17, 15) is 9.59 Å². The number of aryl methyl sites for hydroxylation is 3. The Morgan fingerprint density at radius 1 is 0.952 bits per heavy atom. The third-order valence-electron chi connectivity index (χ3n) is 3.49. The first-order chi connectivity index (χ1) is 9.88. The molecule has 1 aromatic carbocycles. The molecule has 1 aromatic heterocycles. The minimum absolute atomic E-state index is 0.461. The van der Waals surface area contributed by atoms with Gasteiger partial charge in [0.05, 0.1) is 0 Å². The van der Waals surface area contributed by atoms with Gasteiger partial charge in [-0.05, 0) is 49.4 Å². The number of hydrogen-bond acceptors (Lipinski definition) is 2. The number of rotatable bonds is 4. The van der Waals surface area contributed by atoms with Crippen molar-refractivity contribution in [3.05, 3.63) is 62.4 Å². The van der Waals surface area contributed by atoms with Crippen molar-refractivity contribution in [2.45, 2.75) is 40.7 Å².